The first-order valence-corrected chi connectivity index (χ1v) is 9.98. The molecule has 0 aliphatic rings. The first-order chi connectivity index (χ1) is 14.1. The lowest BCUT2D eigenvalue weighted by Gasteiger charge is -2.22. The zero-order valence-electron chi connectivity index (χ0n) is 17.0. The van der Waals surface area contributed by atoms with Gasteiger partial charge in [0, 0.05) is 30.3 Å². The van der Waals surface area contributed by atoms with Gasteiger partial charge in [-0.15, -0.1) is 0 Å². The smallest absolute Gasteiger partial charge is 0.330 e. The molecule has 0 atom stereocenters. The van der Waals surface area contributed by atoms with Gasteiger partial charge in [-0.1, -0.05) is 50.3 Å². The van der Waals surface area contributed by atoms with E-state index in [9.17, 15) is 9.59 Å². The van der Waals surface area contributed by atoms with Crippen molar-refractivity contribution in [1.29, 1.82) is 0 Å². The molecule has 0 amide bonds. The van der Waals surface area contributed by atoms with Crippen LogP contribution in [-0.2, 0) is 9.53 Å². The molecule has 0 heterocycles. The Morgan fingerprint density at radius 1 is 0.931 bits per heavy atom. The minimum absolute atomic E-state index is 0.00281. The van der Waals surface area contributed by atoms with Gasteiger partial charge in [0.15, 0.2) is 5.78 Å². The lowest BCUT2D eigenvalue weighted by Crippen LogP contribution is -2.33. The average molecular weight is 395 g/mol. The van der Waals surface area contributed by atoms with Crippen LogP contribution in [0.4, 0.5) is 0 Å². The lowest BCUT2D eigenvalue weighted by molar-refractivity contribution is -0.138. The summed E-state index contributed by atoms with van der Waals surface area (Å²) in [5.41, 5.74) is 1.31. The van der Waals surface area contributed by atoms with E-state index in [1.165, 1.54) is 6.08 Å². The summed E-state index contributed by atoms with van der Waals surface area (Å²) in [6.45, 7) is 8.72. The Hall–Kier alpha value is -2.92. The molecule has 2 aromatic carbocycles. The zero-order valence-corrected chi connectivity index (χ0v) is 17.0. The quantitative estimate of drug-likeness (QED) is 0.290. The van der Waals surface area contributed by atoms with Crippen molar-refractivity contribution >= 4 is 11.8 Å². The normalized spacial score (nSPS) is 10.6. The predicted octanol–water partition coefficient (Wildman–Crippen LogP) is 4.13. The van der Waals surface area contributed by atoms with E-state index in [2.05, 4.69) is 18.4 Å². The van der Waals surface area contributed by atoms with Crippen molar-refractivity contribution in [3.05, 3.63) is 78.4 Å². The van der Waals surface area contributed by atoms with Crippen LogP contribution in [-0.4, -0.2) is 49.5 Å². The minimum atomic E-state index is -0.401. The predicted molar refractivity (Wildman–Crippen MR) is 114 cm³/mol. The van der Waals surface area contributed by atoms with Gasteiger partial charge in [-0.25, -0.2) is 4.79 Å². The Kier molecular flexibility index (Phi) is 9.66. The van der Waals surface area contributed by atoms with Crippen LogP contribution in [0.25, 0.3) is 0 Å². The number of nitrogens with zero attached hydrogens (tertiary/aromatic N) is 1. The van der Waals surface area contributed by atoms with E-state index in [0.717, 1.165) is 31.7 Å². The molecule has 0 radical (unpaired) electrons. The summed E-state index contributed by atoms with van der Waals surface area (Å²) in [4.78, 5) is 25.8. The molecular formula is C24H29NO4. The highest BCUT2D eigenvalue weighted by Crippen LogP contribution is 2.15. The van der Waals surface area contributed by atoms with Gasteiger partial charge >= 0.3 is 5.97 Å². The van der Waals surface area contributed by atoms with Crippen molar-refractivity contribution in [3.63, 3.8) is 0 Å². The number of carbonyl (C=O) groups is 2. The number of esters is 1. The fraction of sp³-hybridized carbons (Fsp3) is 0.333. The third-order valence-electron chi connectivity index (χ3n) is 4.48. The van der Waals surface area contributed by atoms with Gasteiger partial charge < -0.3 is 9.47 Å². The standard InChI is InChI=1S/C24H29NO4/c1-3-5-15-25(17-19-29-23(26)4-2)16-18-28-22-13-11-21(12-14-22)24(27)20-9-7-6-8-10-20/h4,6-14H,2-3,5,15-19H2,1H3. The number of unbranched alkanes of at least 4 members (excludes halogenated alkanes) is 1. The molecule has 5 nitrogen and oxygen atoms in total. The summed E-state index contributed by atoms with van der Waals surface area (Å²) in [6.07, 6.45) is 3.35. The van der Waals surface area contributed by atoms with Crippen LogP contribution < -0.4 is 4.74 Å². The number of carbonyl (C=O) groups excluding carboxylic acids is 2. The summed E-state index contributed by atoms with van der Waals surface area (Å²) in [5, 5.41) is 0. The molecule has 29 heavy (non-hydrogen) atoms. The average Bonchev–Trinajstić information content (AvgIpc) is 2.77. The summed E-state index contributed by atoms with van der Waals surface area (Å²) in [6, 6.07) is 16.4. The maximum atomic E-state index is 12.4. The highest BCUT2D eigenvalue weighted by Gasteiger charge is 2.09. The SMILES string of the molecule is C=CC(=O)OCCN(CCCC)CCOc1ccc(C(=O)c2ccccc2)cc1. The van der Waals surface area contributed by atoms with Crippen LogP contribution in [0.2, 0.25) is 0 Å². The maximum Gasteiger partial charge on any atom is 0.330 e. The van der Waals surface area contributed by atoms with Crippen molar-refractivity contribution in [2.45, 2.75) is 19.8 Å². The summed E-state index contributed by atoms with van der Waals surface area (Å²) in [5.74, 6) is 0.321. The van der Waals surface area contributed by atoms with E-state index in [4.69, 9.17) is 9.47 Å². The molecule has 2 aromatic rings. The molecule has 0 unspecified atom stereocenters. The van der Waals surface area contributed by atoms with Crippen LogP contribution in [0.5, 0.6) is 5.75 Å². The van der Waals surface area contributed by atoms with Crippen LogP contribution >= 0.6 is 0 Å². The van der Waals surface area contributed by atoms with Gasteiger partial charge in [-0.05, 0) is 37.2 Å². The van der Waals surface area contributed by atoms with E-state index >= 15 is 0 Å². The molecule has 0 saturated carbocycles. The van der Waals surface area contributed by atoms with Crippen LogP contribution in [0.3, 0.4) is 0 Å². The number of rotatable bonds is 13. The minimum Gasteiger partial charge on any atom is -0.492 e. The molecule has 0 aromatic heterocycles. The van der Waals surface area contributed by atoms with E-state index < -0.39 is 5.97 Å². The molecule has 5 heteroatoms. The molecule has 0 fully saturated rings. The summed E-state index contributed by atoms with van der Waals surface area (Å²) < 4.78 is 10.9. The molecule has 2 rings (SSSR count). The van der Waals surface area contributed by atoms with E-state index in [1.54, 1.807) is 12.1 Å². The monoisotopic (exact) mass is 395 g/mol. The molecular weight excluding hydrogens is 366 g/mol. The second-order valence-electron chi connectivity index (χ2n) is 6.63. The second kappa shape index (κ2) is 12.5. The maximum absolute atomic E-state index is 12.4. The Bertz CT molecular complexity index is 771. The fourth-order valence-electron chi connectivity index (χ4n) is 2.80. The van der Waals surface area contributed by atoms with Gasteiger partial charge in [0.25, 0.3) is 0 Å². The summed E-state index contributed by atoms with van der Waals surface area (Å²) in [7, 11) is 0. The molecule has 154 valence electrons. The molecule has 0 spiro atoms. The van der Waals surface area contributed by atoms with E-state index in [-0.39, 0.29) is 5.78 Å². The number of hydrogen-bond donors (Lipinski definition) is 0. The zero-order chi connectivity index (χ0) is 20.9. The first kappa shape index (κ1) is 22.4. The second-order valence-corrected chi connectivity index (χ2v) is 6.63. The highest BCUT2D eigenvalue weighted by atomic mass is 16.5. The van der Waals surface area contributed by atoms with Crippen molar-refractivity contribution < 1.29 is 19.1 Å². The van der Waals surface area contributed by atoms with Crippen molar-refractivity contribution in [1.82, 2.24) is 4.90 Å². The summed E-state index contributed by atoms with van der Waals surface area (Å²) >= 11 is 0. The highest BCUT2D eigenvalue weighted by molar-refractivity contribution is 6.08. The molecule has 0 aliphatic carbocycles. The van der Waals surface area contributed by atoms with Crippen molar-refractivity contribution in [2.75, 3.05) is 32.8 Å². The first-order valence-electron chi connectivity index (χ1n) is 9.98. The Labute approximate surface area is 172 Å². The topological polar surface area (TPSA) is 55.8 Å². The Morgan fingerprint density at radius 3 is 2.24 bits per heavy atom. The van der Waals surface area contributed by atoms with Gasteiger partial charge in [0.05, 0.1) is 0 Å². The van der Waals surface area contributed by atoms with Gasteiger partial charge in [-0.2, -0.15) is 0 Å². The lowest BCUT2D eigenvalue weighted by atomic mass is 10.0. The third-order valence-corrected chi connectivity index (χ3v) is 4.48. The third kappa shape index (κ3) is 7.92. The Balaban J connectivity index is 1.81. The molecule has 0 bridgehead atoms. The Morgan fingerprint density at radius 2 is 1.59 bits per heavy atom. The molecule has 0 N–H and O–H groups in total. The number of benzene rings is 2. The van der Waals surface area contributed by atoms with Crippen LogP contribution in [0.15, 0.2) is 67.3 Å². The van der Waals surface area contributed by atoms with Crippen molar-refractivity contribution in [2.24, 2.45) is 0 Å². The number of hydrogen-bond acceptors (Lipinski definition) is 5. The fourth-order valence-corrected chi connectivity index (χ4v) is 2.80. The molecule has 0 saturated heterocycles. The van der Waals surface area contributed by atoms with Gasteiger partial charge in [0.1, 0.15) is 19.0 Å². The number of ketones is 1. The van der Waals surface area contributed by atoms with Gasteiger partial charge in [0.2, 0.25) is 0 Å². The van der Waals surface area contributed by atoms with Crippen LogP contribution in [0, 0.1) is 0 Å². The van der Waals surface area contributed by atoms with E-state index in [0.29, 0.717) is 30.9 Å². The number of ether oxygens (including phenoxy) is 2. The van der Waals surface area contributed by atoms with Crippen LogP contribution in [0.1, 0.15) is 35.7 Å². The largest absolute Gasteiger partial charge is 0.492 e. The molecule has 0 aliphatic heterocycles. The van der Waals surface area contributed by atoms with Gasteiger partial charge in [-0.3, -0.25) is 9.69 Å². The van der Waals surface area contributed by atoms with Crippen molar-refractivity contribution in [3.8, 4) is 5.75 Å². The van der Waals surface area contributed by atoms with E-state index in [1.807, 2.05) is 42.5 Å².